The molecule has 3 heterocycles. The van der Waals surface area contributed by atoms with Crippen molar-refractivity contribution in [2.24, 2.45) is 0 Å². The molecule has 0 radical (unpaired) electrons. The molecule has 0 saturated carbocycles. The lowest BCUT2D eigenvalue weighted by Gasteiger charge is -2.11. The monoisotopic (exact) mass is 717 g/mol. The van der Waals surface area contributed by atoms with E-state index in [9.17, 15) is 0 Å². The van der Waals surface area contributed by atoms with E-state index in [1.54, 1.807) is 0 Å². The van der Waals surface area contributed by atoms with E-state index in [1.807, 2.05) is 54.6 Å². The minimum Gasteiger partial charge on any atom is -0.456 e. The van der Waals surface area contributed by atoms with Gasteiger partial charge >= 0.3 is 0 Å². The van der Waals surface area contributed by atoms with E-state index in [4.69, 9.17) is 23.8 Å². The Bertz CT molecular complexity index is 3250. The van der Waals surface area contributed by atoms with Gasteiger partial charge in [0, 0.05) is 38.2 Å². The molecule has 0 bridgehead atoms. The number of fused-ring (bicyclic) bond motifs is 6. The van der Waals surface area contributed by atoms with Crippen molar-refractivity contribution in [1.82, 2.24) is 15.0 Å². The second kappa shape index (κ2) is 13.0. The van der Waals surface area contributed by atoms with E-state index < -0.39 is 0 Å². The molecule has 8 aromatic carbocycles. The summed E-state index contributed by atoms with van der Waals surface area (Å²) in [6.07, 6.45) is 0. The van der Waals surface area contributed by atoms with Gasteiger partial charge in [0.2, 0.25) is 0 Å². The minimum absolute atomic E-state index is 0.618. The van der Waals surface area contributed by atoms with Crippen molar-refractivity contribution < 1.29 is 8.83 Å². The fourth-order valence-electron chi connectivity index (χ4n) is 7.71. The summed E-state index contributed by atoms with van der Waals surface area (Å²) in [5, 5.41) is 4.24. The third-order valence-electron chi connectivity index (χ3n) is 10.5. The van der Waals surface area contributed by atoms with Crippen LogP contribution in [0.15, 0.2) is 197 Å². The first-order valence-electron chi connectivity index (χ1n) is 18.7. The van der Waals surface area contributed by atoms with Gasteiger partial charge in [-0.3, -0.25) is 0 Å². The molecular formula is C51H31N3O2. The SMILES string of the molecule is c1ccc(-c2cccc(-c3nc(-c4ccccc4)nc(-c4cccc(-c5cccc(-c6ccc7oc8cc9c(cc8c7c6)oc6ccccc69)c5)c4)n3)c2)cc1. The Morgan fingerprint density at radius 3 is 1.23 bits per heavy atom. The Morgan fingerprint density at radius 1 is 0.232 bits per heavy atom. The van der Waals surface area contributed by atoms with Gasteiger partial charge in [0.15, 0.2) is 17.5 Å². The molecule has 11 aromatic rings. The summed E-state index contributed by atoms with van der Waals surface area (Å²) in [6.45, 7) is 0. The Labute approximate surface area is 322 Å². The maximum atomic E-state index is 6.36. The van der Waals surface area contributed by atoms with Crippen LogP contribution in [0.4, 0.5) is 0 Å². The summed E-state index contributed by atoms with van der Waals surface area (Å²) in [5.74, 6) is 1.88. The van der Waals surface area contributed by atoms with Crippen LogP contribution >= 0.6 is 0 Å². The van der Waals surface area contributed by atoms with Crippen molar-refractivity contribution in [3.8, 4) is 67.5 Å². The summed E-state index contributed by atoms with van der Waals surface area (Å²) in [4.78, 5) is 15.1. The van der Waals surface area contributed by atoms with Gasteiger partial charge < -0.3 is 8.83 Å². The van der Waals surface area contributed by atoms with E-state index in [0.29, 0.717) is 17.5 Å². The van der Waals surface area contributed by atoms with Crippen molar-refractivity contribution in [3.05, 3.63) is 188 Å². The van der Waals surface area contributed by atoms with E-state index >= 15 is 0 Å². The van der Waals surface area contributed by atoms with Gasteiger partial charge in [0.1, 0.15) is 22.3 Å². The number of furan rings is 2. The lowest BCUT2D eigenvalue weighted by atomic mass is 9.97. The predicted octanol–water partition coefficient (Wildman–Crippen LogP) is 13.7. The molecule has 0 amide bonds. The van der Waals surface area contributed by atoms with Crippen LogP contribution in [0.25, 0.3) is 111 Å². The highest BCUT2D eigenvalue weighted by molar-refractivity contribution is 6.15. The van der Waals surface area contributed by atoms with Crippen LogP contribution in [0, 0.1) is 0 Å². The molecule has 0 aliphatic heterocycles. The fraction of sp³-hybridized carbons (Fsp3) is 0. The van der Waals surface area contributed by atoms with Crippen molar-refractivity contribution in [2.45, 2.75) is 0 Å². The summed E-state index contributed by atoms with van der Waals surface area (Å²) >= 11 is 0. The second-order valence-corrected chi connectivity index (χ2v) is 14.0. The number of benzene rings is 8. The average Bonchev–Trinajstić information content (AvgIpc) is 3.83. The Morgan fingerprint density at radius 2 is 0.625 bits per heavy atom. The maximum Gasteiger partial charge on any atom is 0.164 e. The molecule has 0 aliphatic rings. The number of hydrogen-bond donors (Lipinski definition) is 0. The molecule has 0 unspecified atom stereocenters. The van der Waals surface area contributed by atoms with Gasteiger partial charge in [0.05, 0.1) is 0 Å². The Kier molecular flexibility index (Phi) is 7.42. The zero-order valence-electron chi connectivity index (χ0n) is 30.1. The second-order valence-electron chi connectivity index (χ2n) is 14.0. The first-order valence-corrected chi connectivity index (χ1v) is 18.7. The van der Waals surface area contributed by atoms with Gasteiger partial charge in [0.25, 0.3) is 0 Å². The summed E-state index contributed by atoms with van der Waals surface area (Å²) in [7, 11) is 0. The molecule has 0 N–H and O–H groups in total. The molecule has 5 nitrogen and oxygen atoms in total. The molecule has 5 heteroatoms. The largest absolute Gasteiger partial charge is 0.456 e. The van der Waals surface area contributed by atoms with E-state index in [-0.39, 0.29) is 0 Å². The highest BCUT2D eigenvalue weighted by Gasteiger charge is 2.16. The number of rotatable bonds is 6. The third-order valence-corrected chi connectivity index (χ3v) is 10.5. The van der Waals surface area contributed by atoms with Crippen LogP contribution in [0.5, 0.6) is 0 Å². The van der Waals surface area contributed by atoms with Crippen molar-refractivity contribution >= 4 is 43.9 Å². The summed E-state index contributed by atoms with van der Waals surface area (Å²) in [5.41, 5.74) is 12.8. The van der Waals surface area contributed by atoms with Gasteiger partial charge in [-0.15, -0.1) is 0 Å². The van der Waals surface area contributed by atoms with E-state index in [0.717, 1.165) is 93.9 Å². The van der Waals surface area contributed by atoms with Gasteiger partial charge in [-0.25, -0.2) is 15.0 Å². The lowest BCUT2D eigenvalue weighted by molar-refractivity contribution is 0.664. The molecule has 262 valence electrons. The fourth-order valence-corrected chi connectivity index (χ4v) is 7.71. The molecule has 0 saturated heterocycles. The number of aromatic nitrogens is 3. The van der Waals surface area contributed by atoms with Crippen LogP contribution in [-0.4, -0.2) is 15.0 Å². The molecule has 0 atom stereocenters. The van der Waals surface area contributed by atoms with Crippen LogP contribution < -0.4 is 0 Å². The average molecular weight is 718 g/mol. The van der Waals surface area contributed by atoms with Gasteiger partial charge in [-0.05, 0) is 81.9 Å². The highest BCUT2D eigenvalue weighted by atomic mass is 16.3. The Hall–Kier alpha value is -7.63. The molecule has 56 heavy (non-hydrogen) atoms. The quantitative estimate of drug-likeness (QED) is 0.171. The topological polar surface area (TPSA) is 65.0 Å². The molecule has 3 aromatic heterocycles. The molecular weight excluding hydrogens is 687 g/mol. The van der Waals surface area contributed by atoms with Crippen molar-refractivity contribution in [3.63, 3.8) is 0 Å². The zero-order valence-corrected chi connectivity index (χ0v) is 30.1. The summed E-state index contributed by atoms with van der Waals surface area (Å²) in [6, 6.07) is 64.7. The predicted molar refractivity (Wildman–Crippen MR) is 227 cm³/mol. The van der Waals surface area contributed by atoms with E-state index in [1.165, 1.54) is 0 Å². The molecule has 0 spiro atoms. The minimum atomic E-state index is 0.618. The third kappa shape index (κ3) is 5.62. The normalized spacial score (nSPS) is 11.6. The molecule has 11 rings (SSSR count). The molecule has 0 fully saturated rings. The smallest absolute Gasteiger partial charge is 0.164 e. The van der Waals surface area contributed by atoms with Crippen LogP contribution in [0.2, 0.25) is 0 Å². The van der Waals surface area contributed by atoms with Gasteiger partial charge in [-0.1, -0.05) is 140 Å². The van der Waals surface area contributed by atoms with Crippen LogP contribution in [-0.2, 0) is 0 Å². The molecule has 0 aliphatic carbocycles. The maximum absolute atomic E-state index is 6.36. The summed E-state index contributed by atoms with van der Waals surface area (Å²) < 4.78 is 12.6. The Balaban J connectivity index is 0.975. The number of para-hydroxylation sites is 1. The van der Waals surface area contributed by atoms with Gasteiger partial charge in [-0.2, -0.15) is 0 Å². The number of nitrogens with zero attached hydrogens (tertiary/aromatic N) is 3. The van der Waals surface area contributed by atoms with Crippen molar-refractivity contribution in [2.75, 3.05) is 0 Å². The first-order chi connectivity index (χ1) is 27.7. The number of hydrogen-bond acceptors (Lipinski definition) is 5. The highest BCUT2D eigenvalue weighted by Crippen LogP contribution is 2.39. The van der Waals surface area contributed by atoms with Crippen LogP contribution in [0.1, 0.15) is 0 Å². The first kappa shape index (κ1) is 31.9. The lowest BCUT2D eigenvalue weighted by Crippen LogP contribution is -2.00. The van der Waals surface area contributed by atoms with Crippen molar-refractivity contribution in [1.29, 1.82) is 0 Å². The van der Waals surface area contributed by atoms with E-state index in [2.05, 4.69) is 133 Å². The standard InChI is InChI=1S/C51H31N3O2/c1-3-12-32(13-4-1)34-16-10-20-39(27-34)50-52-49(33-14-5-2-6-15-33)53-51(54-50)40-21-11-19-37(28-40)35-17-9-18-36(26-35)38-24-25-46-42(29-38)44-31-47-43(30-48(44)56-46)41-22-7-8-23-45(41)55-47/h1-31H. The zero-order chi connectivity index (χ0) is 37.0. The van der Waals surface area contributed by atoms with Crippen LogP contribution in [0.3, 0.4) is 0 Å².